The highest BCUT2D eigenvalue weighted by atomic mass is 35.5. The summed E-state index contributed by atoms with van der Waals surface area (Å²) >= 11 is 36.9. The average molecular weight is 475 g/mol. The quantitative estimate of drug-likeness (QED) is 0.326. The lowest BCUT2D eigenvalue weighted by molar-refractivity contribution is 1.18. The Labute approximate surface area is 184 Å². The molecule has 0 aromatic heterocycles. The normalized spacial score (nSPS) is 9.85. The Hall–Kier alpha value is -1.86. The third kappa shape index (κ3) is 3.50. The van der Waals surface area contributed by atoms with Gasteiger partial charge in [0.1, 0.15) is 6.07 Å². The molecular weight excluding hydrogens is 473 g/mol. The van der Waals surface area contributed by atoms with Gasteiger partial charge in [-0.15, -0.1) is 0 Å². The summed E-state index contributed by atoms with van der Waals surface area (Å²) < 4.78 is 0. The molecular formula is C17H2Cl6N4. The standard InChI is InChI=1S/C17H2Cl6N4/c1-26-16-7(11(19)12(20)9(5-25)14(16)22)3-6-8(4-24)13(21)17(27-2)15(23)10(6)18/h3H2. The fourth-order valence-electron chi connectivity index (χ4n) is 2.32. The lowest BCUT2D eigenvalue weighted by atomic mass is 9.97. The van der Waals surface area contributed by atoms with Crippen LogP contribution in [0.15, 0.2) is 0 Å². The van der Waals surface area contributed by atoms with E-state index in [4.69, 9.17) is 82.7 Å². The van der Waals surface area contributed by atoms with Gasteiger partial charge in [-0.2, -0.15) is 10.5 Å². The number of halogens is 6. The highest BCUT2D eigenvalue weighted by Crippen LogP contribution is 2.48. The van der Waals surface area contributed by atoms with Gasteiger partial charge < -0.3 is 0 Å². The molecule has 2 rings (SSSR count). The molecule has 0 radical (unpaired) electrons. The van der Waals surface area contributed by atoms with Crippen molar-refractivity contribution in [2.24, 2.45) is 0 Å². The molecule has 0 amide bonds. The molecule has 0 bridgehead atoms. The van der Waals surface area contributed by atoms with Crippen LogP contribution in [0.25, 0.3) is 9.69 Å². The first-order valence-electron chi connectivity index (χ1n) is 6.68. The van der Waals surface area contributed by atoms with Crippen molar-refractivity contribution < 1.29 is 0 Å². The van der Waals surface area contributed by atoms with Crippen LogP contribution >= 0.6 is 69.6 Å². The fourth-order valence-corrected chi connectivity index (χ4v) is 4.01. The Balaban J connectivity index is 2.89. The van der Waals surface area contributed by atoms with E-state index in [2.05, 4.69) is 9.69 Å². The zero-order chi connectivity index (χ0) is 20.5. The first-order valence-corrected chi connectivity index (χ1v) is 8.95. The monoisotopic (exact) mass is 472 g/mol. The zero-order valence-electron chi connectivity index (χ0n) is 12.8. The molecule has 0 saturated heterocycles. The van der Waals surface area contributed by atoms with E-state index in [9.17, 15) is 10.5 Å². The van der Waals surface area contributed by atoms with Crippen LogP contribution in [-0.2, 0) is 6.42 Å². The van der Waals surface area contributed by atoms with Gasteiger partial charge in [0.2, 0.25) is 11.4 Å². The Kier molecular flexibility index (Phi) is 6.70. The summed E-state index contributed by atoms with van der Waals surface area (Å²) in [6, 6.07) is 3.67. The van der Waals surface area contributed by atoms with E-state index in [1.807, 2.05) is 6.07 Å². The third-order valence-corrected chi connectivity index (χ3v) is 6.10. The van der Waals surface area contributed by atoms with Gasteiger partial charge in [0, 0.05) is 0 Å². The molecule has 0 aliphatic rings. The zero-order valence-corrected chi connectivity index (χ0v) is 17.3. The van der Waals surface area contributed by atoms with Crippen LogP contribution in [0.3, 0.4) is 0 Å². The molecule has 132 valence electrons. The second-order valence-electron chi connectivity index (χ2n) is 4.91. The van der Waals surface area contributed by atoms with E-state index in [0.29, 0.717) is 0 Å². The Morgan fingerprint density at radius 2 is 1.11 bits per heavy atom. The van der Waals surface area contributed by atoms with Crippen molar-refractivity contribution in [3.05, 3.63) is 75.2 Å². The molecule has 0 unspecified atom stereocenters. The SMILES string of the molecule is [C-]#[N+]c1c(Cl)c(Cl)c(Cc2c(Cl)c(Cl)c(C#N)c(Cl)c2[N+]#[C-])c(C#N)c1Cl. The van der Waals surface area contributed by atoms with E-state index in [-0.39, 0.29) is 70.2 Å². The summed E-state index contributed by atoms with van der Waals surface area (Å²) in [4.78, 5) is 6.51. The van der Waals surface area contributed by atoms with Gasteiger partial charge in [-0.3, -0.25) is 0 Å². The second-order valence-corrected chi connectivity index (χ2v) is 7.18. The van der Waals surface area contributed by atoms with Gasteiger partial charge in [0.05, 0.1) is 60.5 Å². The number of benzene rings is 2. The number of hydrogen-bond donors (Lipinski definition) is 0. The summed E-state index contributed by atoms with van der Waals surface area (Å²) in [5.41, 5.74) is -0.170. The van der Waals surface area contributed by atoms with E-state index in [1.54, 1.807) is 6.07 Å². The molecule has 2 aromatic rings. The molecule has 4 nitrogen and oxygen atoms in total. The van der Waals surface area contributed by atoms with Gasteiger partial charge >= 0.3 is 0 Å². The van der Waals surface area contributed by atoms with Crippen molar-refractivity contribution >= 4 is 81.0 Å². The maximum Gasteiger partial charge on any atom is 0.226 e. The molecule has 0 aliphatic carbocycles. The number of nitriles is 2. The van der Waals surface area contributed by atoms with Gasteiger partial charge in [0.25, 0.3) is 0 Å². The minimum atomic E-state index is -0.166. The van der Waals surface area contributed by atoms with Crippen molar-refractivity contribution in [1.82, 2.24) is 0 Å². The Morgan fingerprint density at radius 1 is 0.630 bits per heavy atom. The summed E-state index contributed by atoms with van der Waals surface area (Å²) in [5.74, 6) is 0. The fraction of sp³-hybridized carbons (Fsp3) is 0.0588. The largest absolute Gasteiger partial charge is 0.236 e. The lowest BCUT2D eigenvalue weighted by Gasteiger charge is -2.16. The Bertz CT molecular complexity index is 1070. The lowest BCUT2D eigenvalue weighted by Crippen LogP contribution is -1.99. The van der Waals surface area contributed by atoms with Crippen molar-refractivity contribution in [2.45, 2.75) is 6.42 Å². The summed E-state index contributed by atoms with van der Waals surface area (Å²) in [6.07, 6.45) is -0.166. The summed E-state index contributed by atoms with van der Waals surface area (Å²) in [6.45, 7) is 14.5. The third-order valence-electron chi connectivity index (χ3n) is 3.59. The topological polar surface area (TPSA) is 56.3 Å². The van der Waals surface area contributed by atoms with E-state index in [1.165, 1.54) is 0 Å². The van der Waals surface area contributed by atoms with Gasteiger partial charge in [0.15, 0.2) is 0 Å². The molecule has 2 aromatic carbocycles. The summed E-state index contributed by atoms with van der Waals surface area (Å²) in [5, 5.41) is 17.9. The van der Waals surface area contributed by atoms with Gasteiger partial charge in [-0.25, -0.2) is 9.69 Å². The molecule has 0 N–H and O–H groups in total. The van der Waals surface area contributed by atoms with Gasteiger partial charge in [-0.05, 0) is 17.5 Å². The molecule has 0 heterocycles. The molecule has 0 spiro atoms. The number of rotatable bonds is 2. The van der Waals surface area contributed by atoms with Crippen molar-refractivity contribution in [1.29, 1.82) is 10.5 Å². The van der Waals surface area contributed by atoms with Crippen molar-refractivity contribution in [3.8, 4) is 12.1 Å². The van der Waals surface area contributed by atoms with E-state index < -0.39 is 0 Å². The van der Waals surface area contributed by atoms with Crippen LogP contribution in [0.4, 0.5) is 11.4 Å². The maximum absolute atomic E-state index is 9.47. The number of hydrogen-bond acceptors (Lipinski definition) is 2. The van der Waals surface area contributed by atoms with Crippen LogP contribution in [0.5, 0.6) is 0 Å². The van der Waals surface area contributed by atoms with Crippen LogP contribution < -0.4 is 0 Å². The van der Waals surface area contributed by atoms with Gasteiger partial charge in [-0.1, -0.05) is 69.6 Å². The number of nitrogens with zero attached hydrogens (tertiary/aromatic N) is 4. The maximum atomic E-state index is 9.47. The van der Waals surface area contributed by atoms with Crippen molar-refractivity contribution in [3.63, 3.8) is 0 Å². The van der Waals surface area contributed by atoms with E-state index in [0.717, 1.165) is 0 Å². The first-order chi connectivity index (χ1) is 12.7. The Morgan fingerprint density at radius 3 is 1.59 bits per heavy atom. The first kappa shape index (κ1) is 21.4. The van der Waals surface area contributed by atoms with E-state index >= 15 is 0 Å². The van der Waals surface area contributed by atoms with Crippen molar-refractivity contribution in [2.75, 3.05) is 0 Å². The molecule has 0 aliphatic heterocycles. The molecule has 0 atom stereocenters. The highest BCUT2D eigenvalue weighted by molar-refractivity contribution is 6.48. The molecule has 27 heavy (non-hydrogen) atoms. The van der Waals surface area contributed by atoms with Crippen LogP contribution in [0.1, 0.15) is 22.3 Å². The highest BCUT2D eigenvalue weighted by Gasteiger charge is 2.26. The second kappa shape index (κ2) is 8.44. The molecule has 0 saturated carbocycles. The summed E-state index contributed by atoms with van der Waals surface area (Å²) in [7, 11) is 0. The average Bonchev–Trinajstić information content (AvgIpc) is 2.65. The van der Waals surface area contributed by atoms with Crippen LogP contribution in [0.2, 0.25) is 30.1 Å². The minimum absolute atomic E-state index is 0.0766. The van der Waals surface area contributed by atoms with Crippen LogP contribution in [0, 0.1) is 35.8 Å². The predicted molar refractivity (Wildman–Crippen MR) is 108 cm³/mol. The predicted octanol–water partition coefficient (Wildman–Crippen LogP) is 8.04. The molecule has 10 heteroatoms. The minimum Gasteiger partial charge on any atom is -0.236 e. The smallest absolute Gasteiger partial charge is 0.226 e. The molecule has 0 fully saturated rings. The van der Waals surface area contributed by atoms with Crippen LogP contribution in [-0.4, -0.2) is 0 Å².